The minimum atomic E-state index is -4.56. The topological polar surface area (TPSA) is 34.6 Å². The van der Waals surface area contributed by atoms with Crippen molar-refractivity contribution in [1.29, 1.82) is 0 Å². The third kappa shape index (κ3) is 2.93. The lowest BCUT2D eigenvalue weighted by molar-refractivity contribution is -0.169. The molecule has 0 unspecified atom stereocenters. The van der Waals surface area contributed by atoms with Crippen LogP contribution in [0.4, 0.5) is 23.2 Å². The number of pyridine rings is 1. The predicted octanol–water partition coefficient (Wildman–Crippen LogP) is 3.74. The molecule has 2 aliphatic heterocycles. The van der Waals surface area contributed by atoms with Crippen LogP contribution in [0, 0.1) is 5.82 Å². The first kappa shape index (κ1) is 16.5. The predicted molar refractivity (Wildman–Crippen MR) is 82.8 cm³/mol. The molecule has 2 aliphatic rings. The van der Waals surface area contributed by atoms with Crippen LogP contribution in [-0.4, -0.2) is 37.1 Å². The summed E-state index contributed by atoms with van der Waals surface area (Å²) in [5, 5.41) is -0.124. The van der Waals surface area contributed by atoms with E-state index >= 15 is 0 Å². The summed E-state index contributed by atoms with van der Waals surface area (Å²) < 4.78 is 64.0. The van der Waals surface area contributed by atoms with Gasteiger partial charge >= 0.3 is 6.18 Å². The fourth-order valence-corrected chi connectivity index (χ4v) is 3.46. The van der Waals surface area contributed by atoms with Gasteiger partial charge in [0.25, 0.3) is 0 Å². The van der Waals surface area contributed by atoms with Gasteiger partial charge in [0, 0.05) is 37.5 Å². The van der Waals surface area contributed by atoms with Crippen molar-refractivity contribution in [3.63, 3.8) is 0 Å². The summed E-state index contributed by atoms with van der Waals surface area (Å²) in [6.07, 6.45) is -2.52. The third-order valence-electron chi connectivity index (χ3n) is 4.78. The van der Waals surface area contributed by atoms with Crippen molar-refractivity contribution < 1.29 is 27.0 Å². The van der Waals surface area contributed by atoms with Crippen LogP contribution in [0.2, 0.25) is 0 Å². The van der Waals surface area contributed by atoms with Gasteiger partial charge in [-0.25, -0.2) is 4.39 Å². The molecule has 1 spiro atoms. The zero-order valence-corrected chi connectivity index (χ0v) is 13.3. The standard InChI is InChI=1S/C17H16F4N2O2/c18-13-1-2-14(15-12(13)9-11(10-22-15)17(19,20)21)23-5-3-16(4-6-23)24-7-8-25-16/h1-2,9-10H,3-8H2. The number of rotatable bonds is 1. The summed E-state index contributed by atoms with van der Waals surface area (Å²) >= 11 is 0. The van der Waals surface area contributed by atoms with E-state index < -0.39 is 23.3 Å². The quantitative estimate of drug-likeness (QED) is 0.729. The first-order valence-corrected chi connectivity index (χ1v) is 8.06. The second-order valence-electron chi connectivity index (χ2n) is 6.28. The Labute approximate surface area is 141 Å². The zero-order valence-electron chi connectivity index (χ0n) is 13.3. The SMILES string of the molecule is Fc1ccc(N2CCC3(CC2)OCCO3)c2ncc(C(F)(F)F)cc12. The maximum atomic E-state index is 14.1. The van der Waals surface area contributed by atoms with Crippen LogP contribution in [0.15, 0.2) is 24.4 Å². The molecule has 1 aromatic heterocycles. The number of ether oxygens (including phenoxy) is 2. The van der Waals surface area contributed by atoms with Crippen molar-refractivity contribution in [1.82, 2.24) is 4.98 Å². The van der Waals surface area contributed by atoms with Gasteiger partial charge < -0.3 is 14.4 Å². The number of hydrogen-bond acceptors (Lipinski definition) is 4. The van der Waals surface area contributed by atoms with E-state index in [0.29, 0.717) is 44.8 Å². The number of nitrogens with zero attached hydrogens (tertiary/aromatic N) is 2. The van der Waals surface area contributed by atoms with Crippen LogP contribution in [0.5, 0.6) is 0 Å². The lowest BCUT2D eigenvalue weighted by Crippen LogP contribution is -2.45. The molecule has 0 bridgehead atoms. The molecule has 2 aromatic rings. The summed E-state index contributed by atoms with van der Waals surface area (Å²) in [7, 11) is 0. The van der Waals surface area contributed by atoms with E-state index in [-0.39, 0.29) is 10.9 Å². The smallest absolute Gasteiger partial charge is 0.369 e. The van der Waals surface area contributed by atoms with Crippen LogP contribution in [0.1, 0.15) is 18.4 Å². The number of piperidine rings is 1. The minimum Gasteiger partial charge on any atom is -0.369 e. The largest absolute Gasteiger partial charge is 0.417 e. The normalized spacial score (nSPS) is 20.6. The Bertz CT molecular complexity index is 793. The average molecular weight is 356 g/mol. The van der Waals surface area contributed by atoms with Crippen molar-refractivity contribution in [3.8, 4) is 0 Å². The van der Waals surface area contributed by atoms with Crippen molar-refractivity contribution in [2.24, 2.45) is 0 Å². The molecule has 0 radical (unpaired) electrons. The van der Waals surface area contributed by atoms with Gasteiger partial charge in [-0.15, -0.1) is 0 Å². The van der Waals surface area contributed by atoms with E-state index in [1.165, 1.54) is 6.07 Å². The van der Waals surface area contributed by atoms with E-state index in [4.69, 9.17) is 9.47 Å². The molecule has 0 saturated carbocycles. The molecule has 0 N–H and O–H groups in total. The molecule has 25 heavy (non-hydrogen) atoms. The molecule has 2 fully saturated rings. The molecular formula is C17H16F4N2O2. The zero-order chi connectivity index (χ0) is 17.7. The van der Waals surface area contributed by atoms with Gasteiger partial charge in [-0.1, -0.05) is 0 Å². The van der Waals surface area contributed by atoms with Gasteiger partial charge in [0.1, 0.15) is 5.82 Å². The van der Waals surface area contributed by atoms with Crippen molar-refractivity contribution in [2.75, 3.05) is 31.2 Å². The van der Waals surface area contributed by atoms with E-state index in [2.05, 4.69) is 4.98 Å². The maximum absolute atomic E-state index is 14.1. The molecule has 4 nitrogen and oxygen atoms in total. The minimum absolute atomic E-state index is 0.124. The average Bonchev–Trinajstić information content (AvgIpc) is 3.03. The number of aromatic nitrogens is 1. The van der Waals surface area contributed by atoms with Crippen LogP contribution >= 0.6 is 0 Å². The maximum Gasteiger partial charge on any atom is 0.417 e. The summed E-state index contributed by atoms with van der Waals surface area (Å²) in [5.41, 5.74) is -0.100. The Morgan fingerprint density at radius 2 is 1.76 bits per heavy atom. The fraction of sp³-hybridized carbons (Fsp3) is 0.471. The fourth-order valence-electron chi connectivity index (χ4n) is 3.46. The Morgan fingerprint density at radius 1 is 1.08 bits per heavy atom. The Morgan fingerprint density at radius 3 is 2.40 bits per heavy atom. The van der Waals surface area contributed by atoms with Crippen molar-refractivity contribution in [2.45, 2.75) is 24.8 Å². The lowest BCUT2D eigenvalue weighted by Gasteiger charge is -2.38. The van der Waals surface area contributed by atoms with Crippen LogP contribution in [-0.2, 0) is 15.7 Å². The van der Waals surface area contributed by atoms with E-state index in [1.807, 2.05) is 4.90 Å². The highest BCUT2D eigenvalue weighted by atomic mass is 19.4. The lowest BCUT2D eigenvalue weighted by atomic mass is 10.0. The number of hydrogen-bond donors (Lipinski definition) is 0. The number of fused-ring (bicyclic) bond motifs is 1. The highest BCUT2D eigenvalue weighted by Crippen LogP contribution is 2.37. The van der Waals surface area contributed by atoms with Gasteiger partial charge in [-0.3, -0.25) is 4.98 Å². The van der Waals surface area contributed by atoms with Gasteiger partial charge in [-0.2, -0.15) is 13.2 Å². The molecule has 1 aromatic carbocycles. The molecule has 3 heterocycles. The Kier molecular flexibility index (Phi) is 3.84. The monoisotopic (exact) mass is 356 g/mol. The first-order valence-electron chi connectivity index (χ1n) is 8.06. The molecule has 2 saturated heterocycles. The Hall–Kier alpha value is -1.93. The van der Waals surface area contributed by atoms with Gasteiger partial charge in [0.15, 0.2) is 5.79 Å². The highest BCUT2D eigenvalue weighted by molar-refractivity contribution is 5.91. The number of benzene rings is 1. The molecule has 0 atom stereocenters. The number of halogens is 4. The molecule has 0 aliphatic carbocycles. The number of alkyl halides is 3. The van der Waals surface area contributed by atoms with Crippen LogP contribution in [0.25, 0.3) is 10.9 Å². The number of anilines is 1. The molecule has 0 amide bonds. The molecule has 8 heteroatoms. The van der Waals surface area contributed by atoms with Gasteiger partial charge in [-0.05, 0) is 18.2 Å². The van der Waals surface area contributed by atoms with Crippen LogP contribution < -0.4 is 4.90 Å². The molecule has 134 valence electrons. The van der Waals surface area contributed by atoms with Crippen LogP contribution in [0.3, 0.4) is 0 Å². The second-order valence-corrected chi connectivity index (χ2v) is 6.28. The van der Waals surface area contributed by atoms with E-state index in [9.17, 15) is 17.6 Å². The molecule has 4 rings (SSSR count). The summed E-state index contributed by atoms with van der Waals surface area (Å²) in [4.78, 5) is 5.89. The highest BCUT2D eigenvalue weighted by Gasteiger charge is 2.40. The first-order chi connectivity index (χ1) is 11.9. The van der Waals surface area contributed by atoms with Crippen molar-refractivity contribution in [3.05, 3.63) is 35.8 Å². The Balaban J connectivity index is 1.67. The van der Waals surface area contributed by atoms with Gasteiger partial charge in [0.2, 0.25) is 0 Å². The third-order valence-corrected chi connectivity index (χ3v) is 4.78. The second kappa shape index (κ2) is 5.81. The summed E-state index contributed by atoms with van der Waals surface area (Å²) in [5.74, 6) is -1.27. The molecular weight excluding hydrogens is 340 g/mol. The van der Waals surface area contributed by atoms with E-state index in [0.717, 1.165) is 12.3 Å². The van der Waals surface area contributed by atoms with Gasteiger partial charge in [0.05, 0.1) is 30.0 Å². The van der Waals surface area contributed by atoms with Crippen molar-refractivity contribution >= 4 is 16.6 Å². The summed E-state index contributed by atoms with van der Waals surface area (Å²) in [6.45, 7) is 2.34. The van der Waals surface area contributed by atoms with E-state index in [1.54, 1.807) is 6.07 Å². The summed E-state index contributed by atoms with van der Waals surface area (Å²) in [6, 6.07) is 3.56.